The Kier molecular flexibility index (Phi) is 6.40. The highest BCUT2D eigenvalue weighted by atomic mass is 16.1. The molecule has 1 rings (SSSR count). The molecule has 0 heterocycles. The molecule has 0 saturated heterocycles. The van der Waals surface area contributed by atoms with Crippen LogP contribution in [-0.4, -0.2) is 11.9 Å². The molecule has 0 aromatic heterocycles. The molecule has 3 heteroatoms. The molecule has 0 bridgehead atoms. The second-order valence-corrected chi connectivity index (χ2v) is 5.10. The maximum Gasteiger partial charge on any atom is 0.221 e. The van der Waals surface area contributed by atoms with Crippen molar-refractivity contribution in [2.24, 2.45) is 0 Å². The van der Waals surface area contributed by atoms with Crippen LogP contribution in [0.15, 0.2) is 18.2 Å². The van der Waals surface area contributed by atoms with Gasteiger partial charge in [-0.1, -0.05) is 32.8 Å². The van der Waals surface area contributed by atoms with Gasteiger partial charge < -0.3 is 10.6 Å². The Hall–Kier alpha value is -1.51. The van der Waals surface area contributed by atoms with E-state index in [0.717, 1.165) is 17.8 Å². The molecule has 2 N–H and O–H groups in total. The number of carbonyl (C=O) groups excluding carboxylic acids is 1. The Morgan fingerprint density at radius 1 is 1.32 bits per heavy atom. The lowest BCUT2D eigenvalue weighted by Gasteiger charge is -2.20. The van der Waals surface area contributed by atoms with Crippen LogP contribution in [0.4, 0.5) is 11.4 Å². The quantitative estimate of drug-likeness (QED) is 0.767. The van der Waals surface area contributed by atoms with E-state index in [0.29, 0.717) is 6.04 Å². The minimum absolute atomic E-state index is 0.0344. The van der Waals surface area contributed by atoms with Crippen molar-refractivity contribution in [1.82, 2.24) is 0 Å². The number of unbranched alkanes of at least 4 members (excludes halogenated alkanes) is 1. The van der Waals surface area contributed by atoms with Gasteiger partial charge in [0.2, 0.25) is 5.91 Å². The molecule has 0 aliphatic rings. The van der Waals surface area contributed by atoms with E-state index in [1.807, 2.05) is 18.2 Å². The molecule has 1 atom stereocenters. The number of anilines is 2. The zero-order valence-electron chi connectivity index (χ0n) is 12.5. The number of amides is 1. The van der Waals surface area contributed by atoms with Gasteiger partial charge in [-0.05, 0) is 37.5 Å². The SMILES string of the molecule is CCCCC(CC)Nc1cc(NC(C)=O)ccc1C. The molecule has 106 valence electrons. The summed E-state index contributed by atoms with van der Waals surface area (Å²) in [6.45, 7) is 8.05. The highest BCUT2D eigenvalue weighted by Crippen LogP contribution is 2.22. The number of carbonyl (C=O) groups is 1. The van der Waals surface area contributed by atoms with Gasteiger partial charge in [-0.15, -0.1) is 0 Å². The van der Waals surface area contributed by atoms with Crippen LogP contribution in [0.5, 0.6) is 0 Å². The summed E-state index contributed by atoms with van der Waals surface area (Å²) in [6, 6.07) is 6.51. The van der Waals surface area contributed by atoms with Gasteiger partial charge in [0, 0.05) is 24.3 Å². The summed E-state index contributed by atoms with van der Waals surface area (Å²) in [5, 5.41) is 6.42. The van der Waals surface area contributed by atoms with Crippen molar-refractivity contribution >= 4 is 17.3 Å². The Morgan fingerprint density at radius 3 is 2.63 bits per heavy atom. The van der Waals surface area contributed by atoms with Crippen LogP contribution >= 0.6 is 0 Å². The second kappa shape index (κ2) is 7.82. The molecule has 0 aliphatic carbocycles. The summed E-state index contributed by atoms with van der Waals surface area (Å²) in [5.74, 6) is -0.0344. The van der Waals surface area contributed by atoms with E-state index in [2.05, 4.69) is 31.4 Å². The van der Waals surface area contributed by atoms with Crippen molar-refractivity contribution in [3.05, 3.63) is 23.8 Å². The van der Waals surface area contributed by atoms with Gasteiger partial charge in [0.25, 0.3) is 0 Å². The third-order valence-electron chi connectivity index (χ3n) is 3.32. The number of nitrogens with one attached hydrogen (secondary N) is 2. The highest BCUT2D eigenvalue weighted by Gasteiger charge is 2.08. The van der Waals surface area contributed by atoms with Gasteiger partial charge in [-0.2, -0.15) is 0 Å². The molecule has 19 heavy (non-hydrogen) atoms. The Morgan fingerprint density at radius 2 is 2.05 bits per heavy atom. The van der Waals surface area contributed by atoms with Gasteiger partial charge in [0.1, 0.15) is 0 Å². The van der Waals surface area contributed by atoms with Crippen molar-refractivity contribution in [2.45, 2.75) is 59.4 Å². The van der Waals surface area contributed by atoms with Crippen LogP contribution < -0.4 is 10.6 Å². The normalized spacial score (nSPS) is 12.0. The van der Waals surface area contributed by atoms with Crippen LogP contribution in [0.3, 0.4) is 0 Å². The van der Waals surface area contributed by atoms with Crippen molar-refractivity contribution < 1.29 is 4.79 Å². The van der Waals surface area contributed by atoms with Gasteiger partial charge in [0.15, 0.2) is 0 Å². The average molecular weight is 262 g/mol. The molecule has 1 unspecified atom stereocenters. The summed E-state index contributed by atoms with van der Waals surface area (Å²) in [4.78, 5) is 11.1. The van der Waals surface area contributed by atoms with Crippen molar-refractivity contribution in [3.8, 4) is 0 Å². The van der Waals surface area contributed by atoms with Crippen LogP contribution in [0, 0.1) is 6.92 Å². The first-order valence-corrected chi connectivity index (χ1v) is 7.21. The van der Waals surface area contributed by atoms with Crippen LogP contribution in [-0.2, 0) is 4.79 Å². The summed E-state index contributed by atoms with van der Waals surface area (Å²) in [6.07, 6.45) is 4.78. The molecule has 0 aliphatic heterocycles. The minimum Gasteiger partial charge on any atom is -0.382 e. The molecule has 0 radical (unpaired) electrons. The monoisotopic (exact) mass is 262 g/mol. The highest BCUT2D eigenvalue weighted by molar-refractivity contribution is 5.89. The van der Waals surface area contributed by atoms with Crippen molar-refractivity contribution in [2.75, 3.05) is 10.6 Å². The third-order valence-corrected chi connectivity index (χ3v) is 3.32. The molecule has 1 amide bonds. The topological polar surface area (TPSA) is 41.1 Å². The Labute approximate surface area is 116 Å². The number of benzene rings is 1. The molecular weight excluding hydrogens is 236 g/mol. The molecule has 1 aromatic rings. The van der Waals surface area contributed by atoms with E-state index >= 15 is 0 Å². The first-order valence-electron chi connectivity index (χ1n) is 7.21. The predicted octanol–water partition coefficient (Wildman–Crippen LogP) is 4.33. The fourth-order valence-corrected chi connectivity index (χ4v) is 2.11. The number of aryl methyl sites for hydroxylation is 1. The largest absolute Gasteiger partial charge is 0.382 e. The summed E-state index contributed by atoms with van der Waals surface area (Å²) in [7, 11) is 0. The first-order chi connectivity index (χ1) is 9.06. The van der Waals surface area contributed by atoms with E-state index in [4.69, 9.17) is 0 Å². The van der Waals surface area contributed by atoms with Crippen molar-refractivity contribution in [1.29, 1.82) is 0 Å². The lowest BCUT2D eigenvalue weighted by atomic mass is 10.1. The number of hydrogen-bond donors (Lipinski definition) is 2. The maximum atomic E-state index is 11.1. The first kappa shape index (κ1) is 15.5. The Bertz CT molecular complexity index is 415. The van der Waals surface area contributed by atoms with Gasteiger partial charge in [-0.3, -0.25) is 4.79 Å². The molecule has 0 fully saturated rings. The van der Waals surface area contributed by atoms with Crippen LogP contribution in [0.1, 0.15) is 52.0 Å². The zero-order chi connectivity index (χ0) is 14.3. The van der Waals surface area contributed by atoms with E-state index in [1.54, 1.807) is 0 Å². The second-order valence-electron chi connectivity index (χ2n) is 5.10. The maximum absolute atomic E-state index is 11.1. The average Bonchev–Trinajstić information content (AvgIpc) is 2.37. The zero-order valence-corrected chi connectivity index (χ0v) is 12.5. The predicted molar refractivity (Wildman–Crippen MR) is 82.7 cm³/mol. The molecule has 1 aromatic carbocycles. The standard InChI is InChI=1S/C16H26N2O/c1-5-7-8-14(6-2)18-16-11-15(17-13(4)19)10-9-12(16)3/h9-11,14,18H,5-8H2,1-4H3,(H,17,19). The number of rotatable bonds is 7. The minimum atomic E-state index is -0.0344. The molecular formula is C16H26N2O. The fourth-order valence-electron chi connectivity index (χ4n) is 2.11. The van der Waals surface area contributed by atoms with E-state index in [-0.39, 0.29) is 5.91 Å². The smallest absolute Gasteiger partial charge is 0.221 e. The summed E-state index contributed by atoms with van der Waals surface area (Å²) in [5.41, 5.74) is 3.18. The van der Waals surface area contributed by atoms with E-state index < -0.39 is 0 Å². The van der Waals surface area contributed by atoms with Crippen LogP contribution in [0.2, 0.25) is 0 Å². The number of hydrogen-bond acceptors (Lipinski definition) is 2. The van der Waals surface area contributed by atoms with Gasteiger partial charge >= 0.3 is 0 Å². The Balaban J connectivity index is 2.77. The van der Waals surface area contributed by atoms with Gasteiger partial charge in [0.05, 0.1) is 0 Å². The van der Waals surface area contributed by atoms with Crippen LogP contribution in [0.25, 0.3) is 0 Å². The lowest BCUT2D eigenvalue weighted by Crippen LogP contribution is -2.19. The third kappa shape index (κ3) is 5.33. The van der Waals surface area contributed by atoms with Gasteiger partial charge in [-0.25, -0.2) is 0 Å². The van der Waals surface area contributed by atoms with E-state index in [1.165, 1.54) is 31.7 Å². The molecule has 0 spiro atoms. The fraction of sp³-hybridized carbons (Fsp3) is 0.562. The summed E-state index contributed by atoms with van der Waals surface area (Å²) >= 11 is 0. The lowest BCUT2D eigenvalue weighted by molar-refractivity contribution is -0.114. The molecule has 0 saturated carbocycles. The van der Waals surface area contributed by atoms with Crippen molar-refractivity contribution in [3.63, 3.8) is 0 Å². The molecule has 3 nitrogen and oxygen atoms in total. The van der Waals surface area contributed by atoms with E-state index in [9.17, 15) is 4.79 Å². The summed E-state index contributed by atoms with van der Waals surface area (Å²) < 4.78 is 0.